The van der Waals surface area contributed by atoms with Crippen LogP contribution in [0.1, 0.15) is 73.9 Å². The fourth-order valence-electron chi connectivity index (χ4n) is 18.5. The zero-order valence-electron chi connectivity index (χ0n) is 60.5. The van der Waals surface area contributed by atoms with Crippen molar-refractivity contribution in [3.8, 4) is 137 Å². The number of para-hydroxylation sites is 2. The number of hydrogen-bond acceptors (Lipinski definition) is 12. The molecule has 0 N–H and O–H groups in total. The highest BCUT2D eigenvalue weighted by molar-refractivity contribution is 7.17. The second-order valence-corrected chi connectivity index (χ2v) is 29.8. The Balaban J connectivity index is 0.000000139. The maximum atomic E-state index is 10.7. The number of fused-ring (bicyclic) bond motifs is 27. The van der Waals surface area contributed by atoms with Gasteiger partial charge in [-0.05, 0) is 156 Å². The van der Waals surface area contributed by atoms with E-state index >= 15 is 0 Å². The molecule has 12 nitrogen and oxygen atoms in total. The Labute approximate surface area is 652 Å². The number of aromatic nitrogens is 8. The van der Waals surface area contributed by atoms with E-state index in [1.165, 1.54) is 55.6 Å². The van der Waals surface area contributed by atoms with E-state index < -0.39 is 10.8 Å². The van der Waals surface area contributed by atoms with Gasteiger partial charge in [-0.15, -0.1) is 11.3 Å². The first-order valence-electron chi connectivity index (χ1n) is 37.6. The fraction of sp³-hybridized carbons (Fsp3) is 0.0400. The van der Waals surface area contributed by atoms with Gasteiger partial charge < -0.3 is 4.42 Å². The van der Waals surface area contributed by atoms with E-state index in [1.807, 2.05) is 151 Å². The summed E-state index contributed by atoms with van der Waals surface area (Å²) in [6.07, 6.45) is 0.814. The average molecular weight is 1460 g/mol. The van der Waals surface area contributed by atoms with Crippen LogP contribution in [0.25, 0.3) is 162 Å². The molecule has 1 unspecified atom stereocenters. The average Bonchev–Trinajstić information content (AvgIpc) is 1.50. The normalized spacial score (nSPS) is 13.8. The highest BCUT2D eigenvalue weighted by Crippen LogP contribution is 2.67. The van der Waals surface area contributed by atoms with E-state index in [0.29, 0.717) is 68.4 Å². The molecule has 0 bridgehead atoms. The summed E-state index contributed by atoms with van der Waals surface area (Å²) in [5.41, 5.74) is 28.4. The molecule has 0 radical (unpaired) electrons. The van der Waals surface area contributed by atoms with Crippen LogP contribution in [0.15, 0.2) is 319 Å². The molecule has 4 aliphatic carbocycles. The summed E-state index contributed by atoms with van der Waals surface area (Å²) in [6, 6.07) is 114. The lowest BCUT2D eigenvalue weighted by atomic mass is 9.70. The molecule has 524 valence electrons. The lowest BCUT2D eigenvalue weighted by Crippen LogP contribution is -2.25. The second kappa shape index (κ2) is 25.2. The summed E-state index contributed by atoms with van der Waals surface area (Å²) in [4.78, 5) is 34.9. The SMILES string of the molecule is CCc1nc2ccccc2n1-c1ccc2c(c1)-c1ccccc1C21c2ccc(-c3nc(-c4ccccc4)nc(-c4ccccc4)n3)cc2-c2c1ccc1scc(C#N)c21.N#Cc1ccc2c(c1)C1(c3ccccc3-c3ccccc31)c1ccc3oc4cc(-c5nc(-c6ccccc6)nc(-c6ccccc6)n5)c(C#N)cc4c3c1-2. The van der Waals surface area contributed by atoms with Gasteiger partial charge in [-0.3, -0.25) is 4.57 Å². The zero-order chi connectivity index (χ0) is 75.2. The molecule has 5 heterocycles. The van der Waals surface area contributed by atoms with Gasteiger partial charge >= 0.3 is 0 Å². The van der Waals surface area contributed by atoms with E-state index in [0.717, 1.165) is 111 Å². The summed E-state index contributed by atoms with van der Waals surface area (Å²) < 4.78 is 10.1. The van der Waals surface area contributed by atoms with Crippen molar-refractivity contribution in [1.82, 2.24) is 39.5 Å². The molecule has 23 rings (SSSR count). The maximum absolute atomic E-state index is 10.7. The van der Waals surface area contributed by atoms with Crippen LogP contribution in [0, 0.1) is 34.0 Å². The molecule has 113 heavy (non-hydrogen) atoms. The molecule has 5 aromatic heterocycles. The number of nitrogens with zero attached hydrogens (tertiary/aromatic N) is 11. The summed E-state index contributed by atoms with van der Waals surface area (Å²) in [5.74, 6) is 4.28. The van der Waals surface area contributed by atoms with E-state index in [9.17, 15) is 15.8 Å². The Morgan fingerprint density at radius 2 is 0.832 bits per heavy atom. The molecule has 0 saturated heterocycles. The van der Waals surface area contributed by atoms with Gasteiger partial charge in [-0.2, -0.15) is 15.8 Å². The number of furan rings is 1. The third kappa shape index (κ3) is 9.49. The summed E-state index contributed by atoms with van der Waals surface area (Å²) >= 11 is 1.62. The van der Waals surface area contributed by atoms with Gasteiger partial charge in [0.25, 0.3) is 0 Å². The molecular weight excluding hydrogens is 1400 g/mol. The van der Waals surface area contributed by atoms with E-state index in [4.69, 9.17) is 39.3 Å². The number of hydrogen-bond donors (Lipinski definition) is 0. The lowest BCUT2D eigenvalue weighted by Gasteiger charge is -2.30. The van der Waals surface area contributed by atoms with Crippen molar-refractivity contribution in [2.75, 3.05) is 0 Å². The zero-order valence-corrected chi connectivity index (χ0v) is 61.3. The molecule has 0 aliphatic heterocycles. The number of imidazole rings is 1. The predicted molar refractivity (Wildman–Crippen MR) is 446 cm³/mol. The van der Waals surface area contributed by atoms with Crippen molar-refractivity contribution in [3.63, 3.8) is 0 Å². The minimum atomic E-state index is -0.632. The van der Waals surface area contributed by atoms with Crippen LogP contribution >= 0.6 is 11.3 Å². The molecule has 14 aromatic carbocycles. The van der Waals surface area contributed by atoms with Crippen LogP contribution < -0.4 is 0 Å². The summed E-state index contributed by atoms with van der Waals surface area (Å²) in [6.45, 7) is 2.17. The standard InChI is InChI=1S/C52H32N6S.C48H25N5O/c1-2-46-54-43-19-11-12-20-44(43)58(46)35-22-24-40-37(28-35)36-17-9-10-18-39(36)52(40)41-23-21-33(27-38(41)48-42(52)25-26-45-47(48)34(29-53)30-59-45)51-56-49(31-13-5-3-6-14-31)55-50(57-51)32-15-7-4-8-16-32;49-26-28-19-20-34-40(23-28)48(37-17-9-7-15-32(37)33-16-8-10-18-38(33)48)39-21-22-41-44(43(34)39)36-24-31(27-50)35(25-42(36)54-41)47-52-45(29-11-3-1-4-12-29)51-46(53-47)30-13-5-2-6-14-30/h3-28,30H,2H2,1H3;1-25H. The van der Waals surface area contributed by atoms with Gasteiger partial charge in [0.2, 0.25) is 0 Å². The Kier molecular flexibility index (Phi) is 14.5. The molecule has 0 fully saturated rings. The monoisotopic (exact) mass is 1460 g/mol. The molecule has 4 aliphatic rings. The van der Waals surface area contributed by atoms with Crippen LogP contribution in [0.2, 0.25) is 0 Å². The van der Waals surface area contributed by atoms with Crippen molar-refractivity contribution in [2.24, 2.45) is 0 Å². The largest absolute Gasteiger partial charge is 0.456 e. The predicted octanol–water partition coefficient (Wildman–Crippen LogP) is 23.1. The Bertz CT molecular complexity index is 7250. The van der Waals surface area contributed by atoms with E-state index in [2.05, 4.69) is 193 Å². The van der Waals surface area contributed by atoms with Gasteiger partial charge in [-0.1, -0.05) is 250 Å². The number of rotatable bonds is 8. The third-order valence-corrected chi connectivity index (χ3v) is 24.1. The Hall–Kier alpha value is -15.2. The second-order valence-electron chi connectivity index (χ2n) is 28.9. The number of benzene rings is 14. The van der Waals surface area contributed by atoms with Crippen molar-refractivity contribution in [2.45, 2.75) is 24.2 Å². The minimum Gasteiger partial charge on any atom is -0.456 e. The van der Waals surface area contributed by atoms with Gasteiger partial charge in [0.05, 0.1) is 50.7 Å². The van der Waals surface area contributed by atoms with Gasteiger partial charge in [0.1, 0.15) is 23.1 Å². The van der Waals surface area contributed by atoms with Crippen LogP contribution in [-0.4, -0.2) is 39.5 Å². The lowest BCUT2D eigenvalue weighted by molar-refractivity contribution is 0.668. The first-order chi connectivity index (χ1) is 55.8. The molecule has 0 amide bonds. The third-order valence-electron chi connectivity index (χ3n) is 23.2. The molecular formula is C100H57N11OS. The van der Waals surface area contributed by atoms with Crippen molar-refractivity contribution >= 4 is 54.4 Å². The Morgan fingerprint density at radius 3 is 1.42 bits per heavy atom. The molecule has 2 spiro atoms. The van der Waals surface area contributed by atoms with Crippen LogP contribution in [-0.2, 0) is 17.3 Å². The molecule has 1 atom stereocenters. The van der Waals surface area contributed by atoms with Crippen LogP contribution in [0.5, 0.6) is 0 Å². The quantitative estimate of drug-likeness (QED) is 0.141. The molecule has 13 heteroatoms. The first-order valence-corrected chi connectivity index (χ1v) is 38.4. The fourth-order valence-corrected chi connectivity index (χ4v) is 19.4. The molecule has 19 aromatic rings. The Morgan fingerprint density at radius 1 is 0.345 bits per heavy atom. The van der Waals surface area contributed by atoms with Gasteiger partial charge in [0, 0.05) is 71.7 Å². The van der Waals surface area contributed by atoms with E-state index in [1.54, 1.807) is 11.3 Å². The van der Waals surface area contributed by atoms with E-state index in [-0.39, 0.29) is 0 Å². The van der Waals surface area contributed by atoms with Crippen LogP contribution in [0.4, 0.5) is 0 Å². The van der Waals surface area contributed by atoms with Crippen LogP contribution in [0.3, 0.4) is 0 Å². The maximum Gasteiger partial charge on any atom is 0.165 e. The van der Waals surface area contributed by atoms with Crippen molar-refractivity contribution in [3.05, 3.63) is 382 Å². The molecule has 0 saturated carbocycles. The van der Waals surface area contributed by atoms with Gasteiger partial charge in [-0.25, -0.2) is 34.9 Å². The summed E-state index contributed by atoms with van der Waals surface area (Å²) in [7, 11) is 0. The minimum absolute atomic E-state index is 0.388. The summed E-state index contributed by atoms with van der Waals surface area (Å²) in [5, 5.41) is 36.2. The highest BCUT2D eigenvalue weighted by Gasteiger charge is 2.54. The highest BCUT2D eigenvalue weighted by atomic mass is 32.1. The number of aryl methyl sites for hydroxylation is 1. The number of thiophene rings is 1. The number of nitriles is 3. The topological polar surface area (TPSA) is 180 Å². The smallest absolute Gasteiger partial charge is 0.165 e. The first kappa shape index (κ1) is 64.9. The van der Waals surface area contributed by atoms with Crippen molar-refractivity contribution in [1.29, 1.82) is 15.8 Å². The van der Waals surface area contributed by atoms with Crippen molar-refractivity contribution < 1.29 is 4.42 Å². The van der Waals surface area contributed by atoms with Gasteiger partial charge in [0.15, 0.2) is 34.9 Å².